The molecule has 1 amide bonds. The Kier molecular flexibility index (Phi) is 6.56. The third kappa shape index (κ3) is 4.71. The summed E-state index contributed by atoms with van der Waals surface area (Å²) >= 11 is 0. The zero-order valence-corrected chi connectivity index (χ0v) is 16.5. The average Bonchev–Trinajstić information content (AvgIpc) is 2.62. The van der Waals surface area contributed by atoms with E-state index in [0.717, 1.165) is 11.3 Å². The zero-order chi connectivity index (χ0) is 19.3. The number of amides is 1. The number of carbonyl (C=O) groups excluding carboxylic acids is 1. The molecule has 0 heterocycles. The molecule has 0 aliphatic carbocycles. The number of carbonyl (C=O) groups is 1. The molecule has 2 aromatic carbocycles. The molecule has 0 bridgehead atoms. The minimum absolute atomic E-state index is 0.141. The second-order valence-corrected chi connectivity index (χ2v) is 8.06. The number of benzene rings is 2. The Labute approximate surface area is 156 Å². The van der Waals surface area contributed by atoms with Crippen LogP contribution in [0.5, 0.6) is 0 Å². The maximum atomic E-state index is 12.8. The Balaban J connectivity index is 2.25. The Morgan fingerprint density at radius 2 is 1.77 bits per heavy atom. The van der Waals surface area contributed by atoms with Gasteiger partial charge in [-0.05, 0) is 69.2 Å². The topological polar surface area (TPSA) is 66.5 Å². The van der Waals surface area contributed by atoms with Crippen molar-refractivity contribution < 1.29 is 13.2 Å². The Morgan fingerprint density at radius 1 is 1.12 bits per heavy atom. The molecule has 0 radical (unpaired) electrons. The first kappa shape index (κ1) is 20.1. The lowest BCUT2D eigenvalue weighted by molar-refractivity contribution is 0.0988. The van der Waals surface area contributed by atoms with Crippen molar-refractivity contribution in [2.75, 3.05) is 11.4 Å². The van der Waals surface area contributed by atoms with Gasteiger partial charge in [-0.2, -0.15) is 0 Å². The molecular formula is C20H26N2O3S. The number of hydrogen-bond donors (Lipinski definition) is 1. The normalized spacial score (nSPS) is 12.6. The van der Waals surface area contributed by atoms with Crippen LogP contribution in [0.25, 0.3) is 0 Å². The molecule has 1 N–H and O–H groups in total. The molecule has 0 aliphatic rings. The van der Waals surface area contributed by atoms with Gasteiger partial charge in [-0.25, -0.2) is 13.1 Å². The first-order chi connectivity index (χ1) is 12.3. The standard InChI is InChI=1S/C20H26N2O3S/c1-5-16(4)21-26(24,25)19-12-10-17(11-13-19)20(23)22(6-2)18-9-7-8-15(3)14-18/h7-14,16,21H,5-6H2,1-4H3. The number of sulfonamides is 1. The lowest BCUT2D eigenvalue weighted by Crippen LogP contribution is -2.32. The molecule has 26 heavy (non-hydrogen) atoms. The largest absolute Gasteiger partial charge is 0.309 e. The Morgan fingerprint density at radius 3 is 2.31 bits per heavy atom. The minimum Gasteiger partial charge on any atom is -0.309 e. The van der Waals surface area contributed by atoms with Gasteiger partial charge in [-0.3, -0.25) is 4.79 Å². The van der Waals surface area contributed by atoms with Crippen LogP contribution in [0.15, 0.2) is 53.4 Å². The molecule has 2 aromatic rings. The van der Waals surface area contributed by atoms with Crippen LogP contribution in [0.3, 0.4) is 0 Å². The van der Waals surface area contributed by atoms with Gasteiger partial charge in [-0.15, -0.1) is 0 Å². The number of nitrogens with one attached hydrogen (secondary N) is 1. The molecule has 0 fully saturated rings. The fraction of sp³-hybridized carbons (Fsp3) is 0.350. The van der Waals surface area contributed by atoms with E-state index in [0.29, 0.717) is 18.5 Å². The van der Waals surface area contributed by atoms with Gasteiger partial charge in [0.05, 0.1) is 4.90 Å². The summed E-state index contributed by atoms with van der Waals surface area (Å²) in [6.45, 7) is 8.15. The van der Waals surface area contributed by atoms with Crippen LogP contribution in [0.2, 0.25) is 0 Å². The highest BCUT2D eigenvalue weighted by Crippen LogP contribution is 2.20. The van der Waals surface area contributed by atoms with Gasteiger partial charge in [0.25, 0.3) is 5.91 Å². The number of aryl methyl sites for hydroxylation is 1. The van der Waals surface area contributed by atoms with Crippen molar-refractivity contribution in [1.29, 1.82) is 0 Å². The van der Waals surface area contributed by atoms with E-state index in [-0.39, 0.29) is 16.8 Å². The molecule has 0 spiro atoms. The summed E-state index contributed by atoms with van der Waals surface area (Å²) in [7, 11) is -3.57. The van der Waals surface area contributed by atoms with Gasteiger partial charge >= 0.3 is 0 Å². The Hall–Kier alpha value is -2.18. The number of nitrogens with zero attached hydrogens (tertiary/aromatic N) is 1. The van der Waals surface area contributed by atoms with E-state index < -0.39 is 10.0 Å². The third-order valence-corrected chi connectivity index (χ3v) is 5.86. The molecule has 0 saturated heterocycles. The second-order valence-electron chi connectivity index (χ2n) is 6.34. The molecule has 0 aliphatic heterocycles. The summed E-state index contributed by atoms with van der Waals surface area (Å²) in [4.78, 5) is 14.7. The smallest absolute Gasteiger partial charge is 0.258 e. The van der Waals surface area contributed by atoms with E-state index in [1.807, 2.05) is 52.0 Å². The predicted octanol–water partition coefficient (Wildman–Crippen LogP) is 3.74. The van der Waals surface area contributed by atoms with Gasteiger partial charge in [0.15, 0.2) is 0 Å². The fourth-order valence-corrected chi connectivity index (χ4v) is 3.91. The fourth-order valence-electron chi connectivity index (χ4n) is 2.59. The SMILES string of the molecule is CCC(C)NS(=O)(=O)c1ccc(C(=O)N(CC)c2cccc(C)c2)cc1. The zero-order valence-electron chi connectivity index (χ0n) is 15.7. The third-order valence-electron chi connectivity index (χ3n) is 4.25. The first-order valence-electron chi connectivity index (χ1n) is 8.79. The van der Waals surface area contributed by atoms with E-state index in [1.165, 1.54) is 12.1 Å². The van der Waals surface area contributed by atoms with Crippen molar-refractivity contribution in [3.63, 3.8) is 0 Å². The predicted molar refractivity (Wildman–Crippen MR) is 105 cm³/mol. The van der Waals surface area contributed by atoms with E-state index >= 15 is 0 Å². The van der Waals surface area contributed by atoms with Crippen molar-refractivity contribution in [3.8, 4) is 0 Å². The molecule has 0 aromatic heterocycles. The highest BCUT2D eigenvalue weighted by atomic mass is 32.2. The van der Waals surface area contributed by atoms with Crippen molar-refractivity contribution in [2.45, 2.75) is 45.1 Å². The van der Waals surface area contributed by atoms with Gasteiger partial charge in [0.2, 0.25) is 10.0 Å². The van der Waals surface area contributed by atoms with Crippen molar-refractivity contribution in [3.05, 3.63) is 59.7 Å². The van der Waals surface area contributed by atoms with E-state index in [1.54, 1.807) is 17.0 Å². The van der Waals surface area contributed by atoms with Crippen LogP contribution in [0, 0.1) is 6.92 Å². The molecule has 5 nitrogen and oxygen atoms in total. The Bertz CT molecular complexity index is 861. The van der Waals surface area contributed by atoms with Gasteiger partial charge in [0, 0.05) is 23.8 Å². The number of anilines is 1. The van der Waals surface area contributed by atoms with Crippen molar-refractivity contribution in [2.24, 2.45) is 0 Å². The maximum Gasteiger partial charge on any atom is 0.258 e. The summed E-state index contributed by atoms with van der Waals surface area (Å²) < 4.78 is 27.3. The maximum absolute atomic E-state index is 12.8. The number of hydrogen-bond acceptors (Lipinski definition) is 3. The van der Waals surface area contributed by atoms with Crippen molar-refractivity contribution >= 4 is 21.6 Å². The lowest BCUT2D eigenvalue weighted by atomic mass is 10.1. The highest BCUT2D eigenvalue weighted by molar-refractivity contribution is 7.89. The van der Waals surface area contributed by atoms with Crippen LogP contribution < -0.4 is 9.62 Å². The van der Waals surface area contributed by atoms with Crippen LogP contribution in [0.4, 0.5) is 5.69 Å². The summed E-state index contributed by atoms with van der Waals surface area (Å²) in [6, 6.07) is 13.7. The van der Waals surface area contributed by atoms with Crippen LogP contribution >= 0.6 is 0 Å². The minimum atomic E-state index is -3.57. The molecular weight excluding hydrogens is 348 g/mol. The summed E-state index contributed by atoms with van der Waals surface area (Å²) in [5.41, 5.74) is 2.36. The average molecular weight is 375 g/mol. The quantitative estimate of drug-likeness (QED) is 0.803. The van der Waals surface area contributed by atoms with Gasteiger partial charge in [0.1, 0.15) is 0 Å². The van der Waals surface area contributed by atoms with E-state index in [4.69, 9.17) is 0 Å². The molecule has 1 atom stereocenters. The molecule has 1 unspecified atom stereocenters. The van der Waals surface area contributed by atoms with Gasteiger partial charge in [-0.1, -0.05) is 19.1 Å². The van der Waals surface area contributed by atoms with E-state index in [2.05, 4.69) is 4.72 Å². The first-order valence-corrected chi connectivity index (χ1v) is 10.3. The van der Waals surface area contributed by atoms with Gasteiger partial charge < -0.3 is 4.90 Å². The number of rotatable bonds is 7. The van der Waals surface area contributed by atoms with Crippen LogP contribution in [0.1, 0.15) is 43.1 Å². The summed E-state index contributed by atoms with van der Waals surface area (Å²) in [5, 5.41) is 0. The molecule has 2 rings (SSSR count). The summed E-state index contributed by atoms with van der Waals surface area (Å²) in [6.07, 6.45) is 0.706. The summed E-state index contributed by atoms with van der Waals surface area (Å²) in [5.74, 6) is -0.156. The van der Waals surface area contributed by atoms with Crippen LogP contribution in [-0.4, -0.2) is 26.9 Å². The van der Waals surface area contributed by atoms with Crippen LogP contribution in [-0.2, 0) is 10.0 Å². The monoisotopic (exact) mass is 374 g/mol. The highest BCUT2D eigenvalue weighted by Gasteiger charge is 2.19. The molecule has 6 heteroatoms. The second kappa shape index (κ2) is 8.47. The molecule has 0 saturated carbocycles. The van der Waals surface area contributed by atoms with E-state index in [9.17, 15) is 13.2 Å². The lowest BCUT2D eigenvalue weighted by Gasteiger charge is -2.21. The molecule has 140 valence electrons. The van der Waals surface area contributed by atoms with Crippen molar-refractivity contribution in [1.82, 2.24) is 4.72 Å².